The number of nitrogens with two attached hydrogens (primary N) is 1. The summed E-state index contributed by atoms with van der Waals surface area (Å²) in [4.78, 5) is 4.17. The summed E-state index contributed by atoms with van der Waals surface area (Å²) in [5.41, 5.74) is 7.36. The van der Waals surface area contributed by atoms with Gasteiger partial charge in [0.2, 0.25) is 0 Å². The van der Waals surface area contributed by atoms with Crippen LogP contribution < -0.4 is 11.1 Å². The molecule has 3 nitrogen and oxygen atoms in total. The number of hydrogen-bond acceptors (Lipinski definition) is 3. The minimum Gasteiger partial charge on any atom is -0.399 e. The van der Waals surface area contributed by atoms with Crippen molar-refractivity contribution in [1.29, 1.82) is 0 Å². The normalized spacial score (nSPS) is 10.6. The minimum absolute atomic E-state index is 0.480. The summed E-state index contributed by atoms with van der Waals surface area (Å²) in [7, 11) is 0. The van der Waals surface area contributed by atoms with Crippen molar-refractivity contribution >= 4 is 5.69 Å². The third kappa shape index (κ3) is 2.88. The zero-order valence-corrected chi connectivity index (χ0v) is 7.54. The van der Waals surface area contributed by atoms with Gasteiger partial charge in [-0.3, -0.25) is 4.98 Å². The lowest BCUT2D eigenvalue weighted by atomic mass is 10.3. The van der Waals surface area contributed by atoms with Crippen LogP contribution in [0.3, 0.4) is 0 Å². The van der Waals surface area contributed by atoms with Crippen LogP contribution >= 0.6 is 0 Å². The van der Waals surface area contributed by atoms with E-state index in [0.717, 1.165) is 17.9 Å². The molecular weight excluding hydrogens is 150 g/mol. The molecule has 0 saturated heterocycles. The molecular formula is C9H15N3. The summed E-state index contributed by atoms with van der Waals surface area (Å²) in [6, 6.07) is 4.15. The van der Waals surface area contributed by atoms with Crippen LogP contribution in [0.1, 0.15) is 19.5 Å². The molecule has 0 bridgehead atoms. The molecule has 0 unspecified atom stereocenters. The molecule has 12 heavy (non-hydrogen) atoms. The van der Waals surface area contributed by atoms with E-state index in [4.69, 9.17) is 5.73 Å². The van der Waals surface area contributed by atoms with Gasteiger partial charge < -0.3 is 11.1 Å². The van der Waals surface area contributed by atoms with E-state index in [0.29, 0.717) is 6.04 Å². The van der Waals surface area contributed by atoms with Gasteiger partial charge in [-0.05, 0) is 12.1 Å². The average molecular weight is 165 g/mol. The lowest BCUT2D eigenvalue weighted by molar-refractivity contribution is 0.581. The summed E-state index contributed by atoms with van der Waals surface area (Å²) in [5.74, 6) is 0. The van der Waals surface area contributed by atoms with Gasteiger partial charge in [0.1, 0.15) is 0 Å². The maximum Gasteiger partial charge on any atom is 0.0562 e. The van der Waals surface area contributed by atoms with Gasteiger partial charge in [-0.25, -0.2) is 0 Å². The third-order valence-electron chi connectivity index (χ3n) is 1.53. The largest absolute Gasteiger partial charge is 0.399 e. The van der Waals surface area contributed by atoms with Crippen LogP contribution in [0.5, 0.6) is 0 Å². The molecule has 1 rings (SSSR count). The predicted molar refractivity (Wildman–Crippen MR) is 50.6 cm³/mol. The maximum atomic E-state index is 5.60. The van der Waals surface area contributed by atoms with Crippen molar-refractivity contribution in [2.75, 3.05) is 5.73 Å². The molecule has 3 N–H and O–H groups in total. The first kappa shape index (κ1) is 9.00. The summed E-state index contributed by atoms with van der Waals surface area (Å²) in [6.45, 7) is 4.99. The number of nitrogen functional groups attached to an aromatic ring is 1. The summed E-state index contributed by atoms with van der Waals surface area (Å²) in [5, 5.41) is 3.27. The van der Waals surface area contributed by atoms with Gasteiger partial charge in [-0.1, -0.05) is 13.8 Å². The number of hydrogen-bond donors (Lipinski definition) is 2. The van der Waals surface area contributed by atoms with E-state index in [-0.39, 0.29) is 0 Å². The molecule has 0 aliphatic carbocycles. The number of rotatable bonds is 3. The van der Waals surface area contributed by atoms with Crippen molar-refractivity contribution < 1.29 is 0 Å². The van der Waals surface area contributed by atoms with E-state index in [9.17, 15) is 0 Å². The Labute approximate surface area is 73.0 Å². The van der Waals surface area contributed by atoms with Gasteiger partial charge in [-0.15, -0.1) is 0 Å². The van der Waals surface area contributed by atoms with E-state index in [1.807, 2.05) is 6.07 Å². The first-order chi connectivity index (χ1) is 5.68. The number of nitrogens with zero attached hydrogens (tertiary/aromatic N) is 1. The lowest BCUT2D eigenvalue weighted by Gasteiger charge is -2.07. The topological polar surface area (TPSA) is 50.9 Å². The Bertz CT molecular complexity index is 245. The van der Waals surface area contributed by atoms with Crippen molar-refractivity contribution in [3.63, 3.8) is 0 Å². The van der Waals surface area contributed by atoms with Crippen LogP contribution in [0.2, 0.25) is 0 Å². The van der Waals surface area contributed by atoms with Gasteiger partial charge in [-0.2, -0.15) is 0 Å². The highest BCUT2D eigenvalue weighted by Gasteiger charge is 1.95. The van der Waals surface area contributed by atoms with Crippen LogP contribution in [0.15, 0.2) is 18.3 Å². The average Bonchev–Trinajstić information content (AvgIpc) is 2.01. The zero-order valence-electron chi connectivity index (χ0n) is 7.54. The molecule has 0 aromatic carbocycles. The molecule has 3 heteroatoms. The SMILES string of the molecule is CC(C)NCc1cc(N)ccn1. The van der Waals surface area contributed by atoms with Crippen molar-refractivity contribution in [3.05, 3.63) is 24.0 Å². The van der Waals surface area contributed by atoms with Crippen molar-refractivity contribution in [2.45, 2.75) is 26.4 Å². The Morgan fingerprint density at radius 3 is 2.92 bits per heavy atom. The van der Waals surface area contributed by atoms with Gasteiger partial charge in [0.25, 0.3) is 0 Å². The molecule has 1 aromatic rings. The molecule has 0 spiro atoms. The molecule has 1 aromatic heterocycles. The molecule has 0 saturated carbocycles. The Morgan fingerprint density at radius 1 is 1.58 bits per heavy atom. The van der Waals surface area contributed by atoms with Crippen LogP contribution in [-0.2, 0) is 6.54 Å². The standard InChI is InChI=1S/C9H15N3/c1-7(2)12-6-9-5-8(10)3-4-11-9/h3-5,7,12H,6H2,1-2H3,(H2,10,11). The molecule has 0 radical (unpaired) electrons. The molecule has 0 aliphatic heterocycles. The van der Waals surface area contributed by atoms with E-state index in [1.165, 1.54) is 0 Å². The van der Waals surface area contributed by atoms with Crippen molar-refractivity contribution in [2.24, 2.45) is 0 Å². The highest BCUT2D eigenvalue weighted by Crippen LogP contribution is 2.02. The van der Waals surface area contributed by atoms with Crippen LogP contribution in [-0.4, -0.2) is 11.0 Å². The fraction of sp³-hybridized carbons (Fsp3) is 0.444. The van der Waals surface area contributed by atoms with Gasteiger partial charge in [0.05, 0.1) is 5.69 Å². The van der Waals surface area contributed by atoms with Crippen LogP contribution in [0.4, 0.5) is 5.69 Å². The Morgan fingerprint density at radius 2 is 2.33 bits per heavy atom. The highest BCUT2D eigenvalue weighted by molar-refractivity contribution is 5.37. The highest BCUT2D eigenvalue weighted by atomic mass is 14.9. The van der Waals surface area contributed by atoms with Crippen molar-refractivity contribution in [3.8, 4) is 0 Å². The minimum atomic E-state index is 0.480. The second-order valence-corrected chi connectivity index (χ2v) is 3.12. The molecule has 1 heterocycles. The fourth-order valence-corrected chi connectivity index (χ4v) is 0.902. The second-order valence-electron chi connectivity index (χ2n) is 3.12. The van der Waals surface area contributed by atoms with Crippen molar-refractivity contribution in [1.82, 2.24) is 10.3 Å². The van der Waals surface area contributed by atoms with E-state index in [1.54, 1.807) is 12.3 Å². The molecule has 0 atom stereocenters. The van der Waals surface area contributed by atoms with Crippen LogP contribution in [0, 0.1) is 0 Å². The number of aromatic nitrogens is 1. The van der Waals surface area contributed by atoms with Gasteiger partial charge >= 0.3 is 0 Å². The van der Waals surface area contributed by atoms with Gasteiger partial charge in [0.15, 0.2) is 0 Å². The summed E-state index contributed by atoms with van der Waals surface area (Å²) >= 11 is 0. The van der Waals surface area contributed by atoms with Crippen LogP contribution in [0.25, 0.3) is 0 Å². The first-order valence-corrected chi connectivity index (χ1v) is 4.12. The first-order valence-electron chi connectivity index (χ1n) is 4.12. The van der Waals surface area contributed by atoms with E-state index >= 15 is 0 Å². The Kier molecular flexibility index (Phi) is 3.05. The van der Waals surface area contributed by atoms with E-state index in [2.05, 4.69) is 24.1 Å². The smallest absolute Gasteiger partial charge is 0.0562 e. The maximum absolute atomic E-state index is 5.60. The number of anilines is 1. The Balaban J connectivity index is 2.52. The zero-order chi connectivity index (χ0) is 8.97. The molecule has 0 fully saturated rings. The molecule has 66 valence electrons. The Hall–Kier alpha value is -1.09. The fourth-order valence-electron chi connectivity index (χ4n) is 0.902. The molecule has 0 aliphatic rings. The number of pyridine rings is 1. The monoisotopic (exact) mass is 165 g/mol. The van der Waals surface area contributed by atoms with E-state index < -0.39 is 0 Å². The predicted octanol–water partition coefficient (Wildman–Crippen LogP) is 1.16. The summed E-state index contributed by atoms with van der Waals surface area (Å²) < 4.78 is 0. The summed E-state index contributed by atoms with van der Waals surface area (Å²) in [6.07, 6.45) is 1.73. The van der Waals surface area contributed by atoms with Gasteiger partial charge in [0, 0.05) is 24.5 Å². The number of nitrogens with one attached hydrogen (secondary N) is 1. The third-order valence-corrected chi connectivity index (χ3v) is 1.53. The molecule has 0 amide bonds. The quantitative estimate of drug-likeness (QED) is 0.706. The lowest BCUT2D eigenvalue weighted by Crippen LogP contribution is -2.22. The second kappa shape index (κ2) is 4.07.